The highest BCUT2D eigenvalue weighted by atomic mass is 32.1. The number of pyridine rings is 1. The third kappa shape index (κ3) is 4.26. The number of anilines is 1. The molecule has 0 saturated heterocycles. The number of aryl methyl sites for hydroxylation is 1. The van der Waals surface area contributed by atoms with Gasteiger partial charge in [0.25, 0.3) is 0 Å². The average molecular weight is 481 g/mol. The molecule has 2 amide bonds. The van der Waals surface area contributed by atoms with Crippen molar-refractivity contribution >= 4 is 49.8 Å². The first kappa shape index (κ1) is 21.7. The van der Waals surface area contributed by atoms with E-state index in [1.54, 1.807) is 24.5 Å². The van der Waals surface area contributed by atoms with Gasteiger partial charge in [-0.3, -0.25) is 10.3 Å². The van der Waals surface area contributed by atoms with E-state index in [0.717, 1.165) is 51.9 Å². The van der Waals surface area contributed by atoms with Crippen LogP contribution in [0.15, 0.2) is 43.0 Å². The fraction of sp³-hybridized carbons (Fsp3) is 0.292. The Kier molecular flexibility index (Phi) is 6.15. The van der Waals surface area contributed by atoms with Gasteiger partial charge in [0.1, 0.15) is 10.0 Å². The molecule has 4 heterocycles. The molecule has 0 aliphatic heterocycles. The monoisotopic (exact) mass is 480 g/mol. The van der Waals surface area contributed by atoms with Gasteiger partial charge in [-0.05, 0) is 56.4 Å². The first-order valence-corrected chi connectivity index (χ1v) is 12.6. The molecule has 0 radical (unpaired) electrons. The van der Waals surface area contributed by atoms with Crippen LogP contribution in [-0.4, -0.2) is 28.2 Å². The van der Waals surface area contributed by atoms with Gasteiger partial charge < -0.3 is 14.6 Å². The van der Waals surface area contributed by atoms with Crippen LogP contribution in [0, 0.1) is 0 Å². The molecule has 4 aromatic heterocycles. The largest absolute Gasteiger partial charge is 0.462 e. The zero-order valence-corrected chi connectivity index (χ0v) is 19.9. The van der Waals surface area contributed by atoms with Crippen LogP contribution >= 0.6 is 22.7 Å². The number of amides is 2. The maximum absolute atomic E-state index is 12.9. The zero-order chi connectivity index (χ0) is 22.8. The van der Waals surface area contributed by atoms with E-state index in [-0.39, 0.29) is 12.0 Å². The molecule has 33 heavy (non-hydrogen) atoms. The van der Waals surface area contributed by atoms with Crippen LogP contribution in [0.4, 0.5) is 9.80 Å². The Balaban J connectivity index is 1.38. The van der Waals surface area contributed by atoms with Gasteiger partial charge in [0, 0.05) is 47.2 Å². The molecule has 0 fully saturated rings. The van der Waals surface area contributed by atoms with Crippen molar-refractivity contribution in [3.63, 3.8) is 0 Å². The van der Waals surface area contributed by atoms with E-state index in [1.165, 1.54) is 16.2 Å². The summed E-state index contributed by atoms with van der Waals surface area (Å²) in [6, 6.07) is 5.58. The van der Waals surface area contributed by atoms with Gasteiger partial charge in [-0.2, -0.15) is 0 Å². The first-order valence-electron chi connectivity index (χ1n) is 11.0. The van der Waals surface area contributed by atoms with E-state index < -0.39 is 0 Å². The number of hydrogen-bond donors (Lipinski definition) is 2. The Morgan fingerprint density at radius 1 is 1.18 bits per heavy atom. The van der Waals surface area contributed by atoms with Crippen LogP contribution in [0.2, 0.25) is 0 Å². The highest BCUT2D eigenvalue weighted by Gasteiger charge is 2.27. The molecule has 0 spiro atoms. The second-order valence-corrected chi connectivity index (χ2v) is 9.93. The number of ether oxygens (including phenoxy) is 1. The molecular weight excluding hydrogens is 456 g/mol. The number of fused-ring (bicyclic) bond motifs is 2. The van der Waals surface area contributed by atoms with Crippen LogP contribution in [0.25, 0.3) is 15.1 Å². The normalized spacial score (nSPS) is 13.0. The molecule has 0 unspecified atom stereocenters. The van der Waals surface area contributed by atoms with Crippen molar-refractivity contribution in [1.29, 1.82) is 0 Å². The SMILES string of the molecule is CCOC(=O)c1c(NC(=O)NCc2c(-n3cccc3)sc3cnccc23)sc2c1CCCC2. The summed E-state index contributed by atoms with van der Waals surface area (Å²) in [4.78, 5) is 31.0. The number of rotatable bonds is 6. The van der Waals surface area contributed by atoms with Gasteiger partial charge in [-0.15, -0.1) is 22.7 Å². The number of urea groups is 1. The Morgan fingerprint density at radius 2 is 2.00 bits per heavy atom. The minimum Gasteiger partial charge on any atom is -0.462 e. The van der Waals surface area contributed by atoms with Crippen molar-refractivity contribution in [1.82, 2.24) is 14.9 Å². The van der Waals surface area contributed by atoms with Gasteiger partial charge in [0.2, 0.25) is 0 Å². The maximum atomic E-state index is 12.9. The summed E-state index contributed by atoms with van der Waals surface area (Å²) in [5, 5.41) is 8.59. The summed E-state index contributed by atoms with van der Waals surface area (Å²) < 4.78 is 8.40. The minimum absolute atomic E-state index is 0.303. The number of aromatic nitrogens is 2. The van der Waals surface area contributed by atoms with Crippen molar-refractivity contribution in [2.75, 3.05) is 11.9 Å². The zero-order valence-electron chi connectivity index (χ0n) is 18.2. The van der Waals surface area contributed by atoms with Crippen molar-refractivity contribution in [3.05, 3.63) is 64.6 Å². The molecule has 170 valence electrons. The Morgan fingerprint density at radius 3 is 2.82 bits per heavy atom. The van der Waals surface area contributed by atoms with Crippen LogP contribution < -0.4 is 10.6 Å². The van der Waals surface area contributed by atoms with Crippen LogP contribution in [0.5, 0.6) is 0 Å². The third-order valence-corrected chi connectivity index (χ3v) is 8.12. The number of nitrogens with one attached hydrogen (secondary N) is 2. The summed E-state index contributed by atoms with van der Waals surface area (Å²) in [6.07, 6.45) is 11.5. The number of hydrogen-bond acceptors (Lipinski definition) is 6. The van der Waals surface area contributed by atoms with Crippen molar-refractivity contribution in [2.24, 2.45) is 0 Å². The van der Waals surface area contributed by atoms with E-state index in [1.807, 2.05) is 41.4 Å². The highest BCUT2D eigenvalue weighted by molar-refractivity contribution is 7.21. The molecule has 5 rings (SSSR count). The van der Waals surface area contributed by atoms with E-state index in [9.17, 15) is 9.59 Å². The molecular formula is C24H24N4O3S2. The molecule has 0 saturated carbocycles. The van der Waals surface area contributed by atoms with Crippen LogP contribution in [-0.2, 0) is 24.1 Å². The van der Waals surface area contributed by atoms with Gasteiger partial charge in [0.05, 0.1) is 16.9 Å². The fourth-order valence-electron chi connectivity index (χ4n) is 4.23. The Hall–Kier alpha value is -3.17. The van der Waals surface area contributed by atoms with Crippen molar-refractivity contribution < 1.29 is 14.3 Å². The molecule has 7 nitrogen and oxygen atoms in total. The van der Waals surface area contributed by atoms with Crippen molar-refractivity contribution in [2.45, 2.75) is 39.2 Å². The lowest BCUT2D eigenvalue weighted by molar-refractivity contribution is 0.0526. The second-order valence-electron chi connectivity index (χ2n) is 7.79. The smallest absolute Gasteiger partial charge is 0.341 e. The van der Waals surface area contributed by atoms with E-state index >= 15 is 0 Å². The summed E-state index contributed by atoms with van der Waals surface area (Å²) in [7, 11) is 0. The molecule has 0 bridgehead atoms. The maximum Gasteiger partial charge on any atom is 0.341 e. The summed E-state index contributed by atoms with van der Waals surface area (Å²) >= 11 is 3.13. The fourth-order valence-corrected chi connectivity index (χ4v) is 6.66. The average Bonchev–Trinajstić information content (AvgIpc) is 3.54. The number of nitrogens with zero attached hydrogens (tertiary/aromatic N) is 2. The lowest BCUT2D eigenvalue weighted by atomic mass is 9.95. The Labute approximate surface area is 199 Å². The summed E-state index contributed by atoms with van der Waals surface area (Å²) in [6.45, 7) is 2.44. The molecule has 0 atom stereocenters. The molecule has 0 aromatic carbocycles. The molecule has 9 heteroatoms. The standard InChI is InChI=1S/C24H24N4O3S2/c1-2-31-23(29)20-16-7-3-4-8-18(16)32-21(20)27-24(30)26-13-17-15-9-10-25-14-19(15)33-22(17)28-11-5-6-12-28/h5-6,9-12,14H,2-4,7-8,13H2,1H3,(H2,26,27,30). The van der Waals surface area contributed by atoms with Crippen molar-refractivity contribution in [3.8, 4) is 5.00 Å². The predicted octanol–water partition coefficient (Wildman–Crippen LogP) is 5.53. The highest BCUT2D eigenvalue weighted by Crippen LogP contribution is 2.39. The molecule has 4 aromatic rings. The van der Waals surface area contributed by atoms with Crippen LogP contribution in [0.1, 0.15) is 46.1 Å². The Bertz CT molecular complexity index is 1310. The van der Waals surface area contributed by atoms with Gasteiger partial charge in [0.15, 0.2) is 0 Å². The first-order chi connectivity index (χ1) is 16.2. The topological polar surface area (TPSA) is 85.2 Å². The van der Waals surface area contributed by atoms with Gasteiger partial charge in [-0.25, -0.2) is 9.59 Å². The second kappa shape index (κ2) is 9.36. The summed E-state index contributed by atoms with van der Waals surface area (Å²) in [5.41, 5.74) is 2.58. The predicted molar refractivity (Wildman–Crippen MR) is 132 cm³/mol. The summed E-state index contributed by atoms with van der Waals surface area (Å²) in [5.74, 6) is -0.363. The van der Waals surface area contributed by atoms with E-state index in [2.05, 4.69) is 15.6 Å². The number of esters is 1. The van der Waals surface area contributed by atoms with Crippen LogP contribution in [0.3, 0.4) is 0 Å². The van der Waals surface area contributed by atoms with Gasteiger partial charge in [-0.1, -0.05) is 0 Å². The lowest BCUT2D eigenvalue weighted by Gasteiger charge is -2.12. The molecule has 2 N–H and O–H groups in total. The van der Waals surface area contributed by atoms with E-state index in [0.29, 0.717) is 23.7 Å². The number of carbonyl (C=O) groups excluding carboxylic acids is 2. The number of carbonyl (C=O) groups is 2. The quantitative estimate of drug-likeness (QED) is 0.356. The minimum atomic E-state index is -0.363. The van der Waals surface area contributed by atoms with E-state index in [4.69, 9.17) is 4.74 Å². The molecule has 1 aliphatic rings. The van der Waals surface area contributed by atoms with Gasteiger partial charge >= 0.3 is 12.0 Å². The molecule has 1 aliphatic carbocycles. The number of thiophene rings is 2. The third-order valence-electron chi connectivity index (χ3n) is 5.72. The lowest BCUT2D eigenvalue weighted by Crippen LogP contribution is -2.29.